The van der Waals surface area contributed by atoms with E-state index in [1.807, 2.05) is 18.2 Å². The minimum atomic E-state index is -3.68. The Morgan fingerprint density at radius 2 is 1.96 bits per heavy atom. The lowest BCUT2D eigenvalue weighted by Gasteiger charge is -2.07. The highest BCUT2D eigenvalue weighted by molar-refractivity contribution is 7.92. The maximum absolute atomic E-state index is 12.4. The summed E-state index contributed by atoms with van der Waals surface area (Å²) < 4.78 is 34.0. The molecule has 0 saturated carbocycles. The SMILES string of the molecule is COc1ccc(S(=O)(=O)Nc2cnn(Cc3cccc(Cl)c3)c2)cc1. The lowest BCUT2D eigenvalue weighted by molar-refractivity contribution is 0.414. The first-order chi connectivity index (χ1) is 12.0. The number of hydrogen-bond donors (Lipinski definition) is 1. The molecule has 0 aliphatic carbocycles. The molecule has 1 heterocycles. The summed E-state index contributed by atoms with van der Waals surface area (Å²) in [6, 6.07) is 13.6. The first-order valence-corrected chi connectivity index (χ1v) is 9.26. The Balaban J connectivity index is 1.73. The number of sulfonamides is 1. The highest BCUT2D eigenvalue weighted by Gasteiger charge is 2.15. The third-order valence-electron chi connectivity index (χ3n) is 3.49. The second kappa shape index (κ2) is 7.16. The zero-order chi connectivity index (χ0) is 17.9. The molecule has 1 aromatic heterocycles. The van der Waals surface area contributed by atoms with Gasteiger partial charge in [0.1, 0.15) is 5.75 Å². The van der Waals surface area contributed by atoms with Gasteiger partial charge in [-0.15, -0.1) is 0 Å². The van der Waals surface area contributed by atoms with E-state index in [4.69, 9.17) is 16.3 Å². The molecule has 8 heteroatoms. The fourth-order valence-electron chi connectivity index (χ4n) is 2.29. The Morgan fingerprint density at radius 3 is 2.64 bits per heavy atom. The molecule has 130 valence electrons. The fraction of sp³-hybridized carbons (Fsp3) is 0.118. The molecule has 0 radical (unpaired) electrons. The number of nitrogens with zero attached hydrogens (tertiary/aromatic N) is 2. The normalized spacial score (nSPS) is 11.3. The van der Waals surface area contributed by atoms with E-state index >= 15 is 0 Å². The average molecular weight is 378 g/mol. The number of methoxy groups -OCH3 is 1. The van der Waals surface area contributed by atoms with Gasteiger partial charge in [-0.05, 0) is 42.0 Å². The Kier molecular flexibility index (Phi) is 4.96. The molecule has 3 aromatic rings. The van der Waals surface area contributed by atoms with Crippen molar-refractivity contribution in [3.05, 3.63) is 71.5 Å². The first kappa shape index (κ1) is 17.3. The van der Waals surface area contributed by atoms with Gasteiger partial charge in [0.25, 0.3) is 10.0 Å². The molecule has 0 bridgehead atoms. The number of ether oxygens (including phenoxy) is 1. The van der Waals surface area contributed by atoms with Crippen molar-refractivity contribution >= 4 is 27.3 Å². The molecule has 6 nitrogen and oxygen atoms in total. The summed E-state index contributed by atoms with van der Waals surface area (Å²) in [7, 11) is -2.16. The van der Waals surface area contributed by atoms with Crippen LogP contribution in [-0.4, -0.2) is 25.3 Å². The van der Waals surface area contributed by atoms with Crippen LogP contribution >= 0.6 is 11.6 Å². The topological polar surface area (TPSA) is 73.2 Å². The highest BCUT2D eigenvalue weighted by atomic mass is 35.5. The number of benzene rings is 2. The predicted molar refractivity (Wildman–Crippen MR) is 96.6 cm³/mol. The number of halogens is 1. The summed E-state index contributed by atoms with van der Waals surface area (Å²) in [5.74, 6) is 0.591. The summed E-state index contributed by atoms with van der Waals surface area (Å²) in [6.07, 6.45) is 3.09. The number of nitrogens with one attached hydrogen (secondary N) is 1. The van der Waals surface area contributed by atoms with Gasteiger partial charge in [0.15, 0.2) is 0 Å². The fourth-order valence-corrected chi connectivity index (χ4v) is 3.53. The monoisotopic (exact) mass is 377 g/mol. The van der Waals surface area contributed by atoms with Crippen molar-refractivity contribution in [2.45, 2.75) is 11.4 Å². The van der Waals surface area contributed by atoms with Gasteiger partial charge in [0, 0.05) is 11.2 Å². The van der Waals surface area contributed by atoms with E-state index in [2.05, 4.69) is 9.82 Å². The zero-order valence-corrected chi connectivity index (χ0v) is 15.0. The third kappa shape index (κ3) is 4.32. The molecule has 0 amide bonds. The number of aromatic nitrogens is 2. The van der Waals surface area contributed by atoms with Crippen molar-refractivity contribution in [1.29, 1.82) is 0 Å². The smallest absolute Gasteiger partial charge is 0.261 e. The molecule has 0 spiro atoms. The molecule has 0 aliphatic heterocycles. The molecular formula is C17H16ClN3O3S. The quantitative estimate of drug-likeness (QED) is 0.714. The molecule has 25 heavy (non-hydrogen) atoms. The average Bonchev–Trinajstić information content (AvgIpc) is 3.01. The van der Waals surface area contributed by atoms with Crippen LogP contribution in [0.1, 0.15) is 5.56 Å². The van der Waals surface area contributed by atoms with E-state index in [1.54, 1.807) is 29.1 Å². The van der Waals surface area contributed by atoms with Crippen LogP contribution in [-0.2, 0) is 16.6 Å². The lowest BCUT2D eigenvalue weighted by Crippen LogP contribution is -2.12. The number of hydrogen-bond acceptors (Lipinski definition) is 4. The third-order valence-corrected chi connectivity index (χ3v) is 5.12. The first-order valence-electron chi connectivity index (χ1n) is 7.40. The van der Waals surface area contributed by atoms with Gasteiger partial charge in [0.2, 0.25) is 0 Å². The van der Waals surface area contributed by atoms with Crippen LogP contribution in [0.5, 0.6) is 5.75 Å². The second-order valence-corrected chi connectivity index (χ2v) is 7.46. The van der Waals surface area contributed by atoms with Gasteiger partial charge >= 0.3 is 0 Å². The van der Waals surface area contributed by atoms with Crippen molar-refractivity contribution < 1.29 is 13.2 Å². The largest absolute Gasteiger partial charge is 0.497 e. The summed E-state index contributed by atoms with van der Waals surface area (Å²) >= 11 is 5.96. The maximum Gasteiger partial charge on any atom is 0.261 e. The summed E-state index contributed by atoms with van der Waals surface area (Å²) in [5, 5.41) is 4.82. The van der Waals surface area contributed by atoms with Crippen LogP contribution in [0.25, 0.3) is 0 Å². The van der Waals surface area contributed by atoms with Crippen LogP contribution in [0, 0.1) is 0 Å². The van der Waals surface area contributed by atoms with Crippen molar-refractivity contribution in [2.24, 2.45) is 0 Å². The molecule has 0 fully saturated rings. The van der Waals surface area contributed by atoms with Crippen LogP contribution in [0.2, 0.25) is 5.02 Å². The van der Waals surface area contributed by atoms with Gasteiger partial charge in [-0.25, -0.2) is 8.42 Å². The van der Waals surface area contributed by atoms with Crippen molar-refractivity contribution in [2.75, 3.05) is 11.8 Å². The van der Waals surface area contributed by atoms with Crippen LogP contribution in [0.3, 0.4) is 0 Å². The van der Waals surface area contributed by atoms with E-state index in [0.717, 1.165) is 5.56 Å². The summed E-state index contributed by atoms with van der Waals surface area (Å²) in [5.41, 5.74) is 1.36. The van der Waals surface area contributed by atoms with Gasteiger partial charge in [-0.1, -0.05) is 23.7 Å². The van der Waals surface area contributed by atoms with Crippen molar-refractivity contribution in [3.8, 4) is 5.75 Å². The molecule has 0 atom stereocenters. The summed E-state index contributed by atoms with van der Waals surface area (Å²) in [4.78, 5) is 0.149. The molecule has 0 unspecified atom stereocenters. The van der Waals surface area contributed by atoms with Gasteiger partial charge in [-0.3, -0.25) is 9.40 Å². The van der Waals surface area contributed by atoms with Crippen molar-refractivity contribution in [3.63, 3.8) is 0 Å². The molecule has 0 saturated heterocycles. The minimum absolute atomic E-state index is 0.149. The van der Waals surface area contributed by atoms with E-state index in [1.165, 1.54) is 25.4 Å². The predicted octanol–water partition coefficient (Wildman–Crippen LogP) is 3.39. The highest BCUT2D eigenvalue weighted by Crippen LogP contribution is 2.19. The standard InChI is InChI=1S/C17H16ClN3O3S/c1-24-16-5-7-17(8-6-16)25(22,23)20-15-10-19-21(12-15)11-13-3-2-4-14(18)9-13/h2-10,12,20H,11H2,1H3. The Labute approximate surface area is 151 Å². The van der Waals surface area contributed by atoms with Crippen LogP contribution < -0.4 is 9.46 Å². The van der Waals surface area contributed by atoms with E-state index in [-0.39, 0.29) is 4.90 Å². The molecule has 0 aliphatic rings. The minimum Gasteiger partial charge on any atom is -0.497 e. The Hall–Kier alpha value is -2.51. The van der Waals surface area contributed by atoms with Gasteiger partial charge < -0.3 is 4.74 Å². The van der Waals surface area contributed by atoms with E-state index < -0.39 is 10.0 Å². The van der Waals surface area contributed by atoms with Crippen molar-refractivity contribution in [1.82, 2.24) is 9.78 Å². The molecular weight excluding hydrogens is 362 g/mol. The Bertz CT molecular complexity index is 969. The maximum atomic E-state index is 12.4. The Morgan fingerprint density at radius 1 is 1.20 bits per heavy atom. The lowest BCUT2D eigenvalue weighted by atomic mass is 10.2. The van der Waals surface area contributed by atoms with Crippen LogP contribution in [0.4, 0.5) is 5.69 Å². The molecule has 2 aromatic carbocycles. The molecule has 1 N–H and O–H groups in total. The summed E-state index contributed by atoms with van der Waals surface area (Å²) in [6.45, 7) is 0.491. The van der Waals surface area contributed by atoms with E-state index in [9.17, 15) is 8.42 Å². The van der Waals surface area contributed by atoms with Crippen LogP contribution in [0.15, 0.2) is 65.8 Å². The number of rotatable bonds is 6. The van der Waals surface area contributed by atoms with E-state index in [0.29, 0.717) is 23.0 Å². The number of anilines is 1. The van der Waals surface area contributed by atoms with Gasteiger partial charge in [0.05, 0.1) is 30.4 Å². The van der Waals surface area contributed by atoms with Gasteiger partial charge in [-0.2, -0.15) is 5.10 Å². The second-order valence-electron chi connectivity index (χ2n) is 5.34. The zero-order valence-electron chi connectivity index (χ0n) is 13.4. The molecule has 3 rings (SSSR count).